The standard InChI is InChI=1S/C35H40O4.C4H6/c1-19-15-29(16-20(2)31(19)36)38-33-23(5)11-27(12-24(33)6)35(9,10)28-13-25(7)34(26(8)14-28)39-30-17-21(3)32(37)22(4)18-30;1-3-4-2/h11-18,36-37H,1-10H3;1-2H3. The minimum absolute atomic E-state index is 0.250. The van der Waals surface area contributed by atoms with Gasteiger partial charge in [-0.1, -0.05) is 38.1 Å². The molecule has 4 heteroatoms. The summed E-state index contributed by atoms with van der Waals surface area (Å²) < 4.78 is 12.6. The molecule has 0 aliphatic rings. The van der Waals surface area contributed by atoms with Crippen molar-refractivity contribution in [3.8, 4) is 46.3 Å². The number of aryl methyl sites for hydroxylation is 8. The van der Waals surface area contributed by atoms with E-state index in [1.807, 2.05) is 65.8 Å². The fourth-order valence-electron chi connectivity index (χ4n) is 5.30. The van der Waals surface area contributed by atoms with Crippen molar-refractivity contribution >= 4 is 0 Å². The van der Waals surface area contributed by atoms with E-state index in [4.69, 9.17) is 9.47 Å². The molecule has 0 unspecified atom stereocenters. The molecular formula is C39H46O4. The van der Waals surface area contributed by atoms with E-state index >= 15 is 0 Å². The zero-order chi connectivity index (χ0) is 32.2. The zero-order valence-electron chi connectivity index (χ0n) is 27.8. The second-order valence-electron chi connectivity index (χ2n) is 12.0. The first-order valence-electron chi connectivity index (χ1n) is 14.6. The molecule has 0 aromatic heterocycles. The summed E-state index contributed by atoms with van der Waals surface area (Å²) in [5.41, 5.74) is 9.61. The molecule has 0 fully saturated rings. The molecule has 4 aromatic carbocycles. The van der Waals surface area contributed by atoms with Crippen LogP contribution < -0.4 is 9.47 Å². The first-order chi connectivity index (χ1) is 20.1. The Balaban J connectivity index is 0.00000119. The zero-order valence-corrected chi connectivity index (χ0v) is 27.8. The molecule has 4 nitrogen and oxygen atoms in total. The van der Waals surface area contributed by atoms with Crippen molar-refractivity contribution in [2.75, 3.05) is 0 Å². The van der Waals surface area contributed by atoms with Crippen molar-refractivity contribution in [2.45, 2.75) is 88.5 Å². The van der Waals surface area contributed by atoms with Crippen LogP contribution in [0.1, 0.15) is 83.3 Å². The van der Waals surface area contributed by atoms with Gasteiger partial charge in [0.1, 0.15) is 34.5 Å². The van der Waals surface area contributed by atoms with Gasteiger partial charge in [-0.15, -0.1) is 11.8 Å². The Bertz CT molecular complexity index is 1500. The summed E-state index contributed by atoms with van der Waals surface area (Å²) in [6.45, 7) is 24.0. The maximum atomic E-state index is 10.1. The number of rotatable bonds is 6. The highest BCUT2D eigenvalue weighted by molar-refractivity contribution is 5.55. The number of phenolic OH excluding ortho intramolecular Hbond substituents is 2. The number of benzene rings is 4. The smallest absolute Gasteiger partial charge is 0.133 e. The van der Waals surface area contributed by atoms with Crippen LogP contribution in [0.3, 0.4) is 0 Å². The van der Waals surface area contributed by atoms with Crippen LogP contribution in [0.2, 0.25) is 0 Å². The third kappa shape index (κ3) is 7.35. The van der Waals surface area contributed by atoms with Crippen LogP contribution in [0.4, 0.5) is 0 Å². The molecule has 0 amide bonds. The Labute approximate surface area is 258 Å². The van der Waals surface area contributed by atoms with E-state index in [0.717, 1.165) is 67.5 Å². The van der Waals surface area contributed by atoms with Crippen LogP contribution in [0.25, 0.3) is 0 Å². The van der Waals surface area contributed by atoms with E-state index in [1.54, 1.807) is 0 Å². The van der Waals surface area contributed by atoms with E-state index in [0.29, 0.717) is 11.5 Å². The predicted molar refractivity (Wildman–Crippen MR) is 178 cm³/mol. The van der Waals surface area contributed by atoms with Gasteiger partial charge >= 0.3 is 0 Å². The monoisotopic (exact) mass is 578 g/mol. The van der Waals surface area contributed by atoms with Gasteiger partial charge in [0.15, 0.2) is 0 Å². The van der Waals surface area contributed by atoms with Gasteiger partial charge in [-0.3, -0.25) is 0 Å². The fourth-order valence-corrected chi connectivity index (χ4v) is 5.30. The maximum absolute atomic E-state index is 10.1. The summed E-state index contributed by atoms with van der Waals surface area (Å²) in [6, 6.07) is 16.3. The summed E-state index contributed by atoms with van der Waals surface area (Å²) in [4.78, 5) is 0. The summed E-state index contributed by atoms with van der Waals surface area (Å²) in [7, 11) is 0. The van der Waals surface area contributed by atoms with Crippen LogP contribution in [-0.4, -0.2) is 10.2 Å². The van der Waals surface area contributed by atoms with Crippen molar-refractivity contribution in [3.63, 3.8) is 0 Å². The average molecular weight is 579 g/mol. The van der Waals surface area contributed by atoms with Crippen molar-refractivity contribution in [1.82, 2.24) is 0 Å². The van der Waals surface area contributed by atoms with Gasteiger partial charge in [0.25, 0.3) is 0 Å². The fraction of sp³-hybridized carbons (Fsp3) is 0.333. The second-order valence-corrected chi connectivity index (χ2v) is 12.0. The summed E-state index contributed by atoms with van der Waals surface area (Å²) in [5.74, 6) is 9.11. The number of hydrogen-bond acceptors (Lipinski definition) is 4. The average Bonchev–Trinajstić information content (AvgIpc) is 2.94. The number of hydrogen-bond donors (Lipinski definition) is 2. The Morgan fingerprint density at radius 2 is 0.721 bits per heavy atom. The molecule has 0 spiro atoms. The molecule has 0 radical (unpaired) electrons. The third-order valence-corrected chi connectivity index (χ3v) is 7.98. The van der Waals surface area contributed by atoms with E-state index in [9.17, 15) is 10.2 Å². The minimum Gasteiger partial charge on any atom is -0.507 e. The molecule has 2 N–H and O–H groups in total. The van der Waals surface area contributed by atoms with Gasteiger partial charge in [0.2, 0.25) is 0 Å². The van der Waals surface area contributed by atoms with Gasteiger partial charge in [0.05, 0.1) is 0 Å². The summed E-state index contributed by atoms with van der Waals surface area (Å²) in [6.07, 6.45) is 0. The lowest BCUT2D eigenvalue weighted by molar-refractivity contribution is 0.453. The number of aromatic hydroxyl groups is 2. The predicted octanol–water partition coefficient (Wildman–Crippen LogP) is 10.5. The highest BCUT2D eigenvalue weighted by atomic mass is 16.5. The lowest BCUT2D eigenvalue weighted by atomic mass is 9.76. The molecular weight excluding hydrogens is 532 g/mol. The molecule has 226 valence electrons. The quantitative estimate of drug-likeness (QED) is 0.223. The third-order valence-electron chi connectivity index (χ3n) is 7.98. The van der Waals surface area contributed by atoms with Gasteiger partial charge in [-0.05, 0) is 149 Å². The Hall–Kier alpha value is -4.36. The van der Waals surface area contributed by atoms with Crippen LogP contribution in [0.5, 0.6) is 34.5 Å². The molecule has 0 saturated carbocycles. The van der Waals surface area contributed by atoms with Crippen LogP contribution in [-0.2, 0) is 5.41 Å². The van der Waals surface area contributed by atoms with E-state index in [2.05, 4.69) is 77.6 Å². The first kappa shape index (κ1) is 33.1. The Morgan fingerprint density at radius 1 is 0.465 bits per heavy atom. The highest BCUT2D eigenvalue weighted by Gasteiger charge is 2.27. The highest BCUT2D eigenvalue weighted by Crippen LogP contribution is 2.41. The maximum Gasteiger partial charge on any atom is 0.133 e. The molecule has 4 aromatic rings. The van der Waals surface area contributed by atoms with Crippen LogP contribution in [0.15, 0.2) is 48.5 Å². The Morgan fingerprint density at radius 3 is 0.953 bits per heavy atom. The largest absolute Gasteiger partial charge is 0.507 e. The van der Waals surface area contributed by atoms with Gasteiger partial charge in [-0.2, -0.15) is 0 Å². The lowest BCUT2D eigenvalue weighted by Gasteiger charge is -2.29. The van der Waals surface area contributed by atoms with E-state index < -0.39 is 0 Å². The molecule has 4 rings (SSSR count). The lowest BCUT2D eigenvalue weighted by Crippen LogP contribution is -2.20. The van der Waals surface area contributed by atoms with Crippen LogP contribution >= 0.6 is 0 Å². The van der Waals surface area contributed by atoms with Crippen molar-refractivity contribution in [3.05, 3.63) is 104 Å². The van der Waals surface area contributed by atoms with E-state index in [-0.39, 0.29) is 5.41 Å². The molecule has 0 heterocycles. The molecule has 0 aliphatic carbocycles. The SMILES string of the molecule is CC#CC.Cc1cc(Oc2c(C)cc(C(C)(C)c3cc(C)c(Oc4cc(C)c(O)c(C)c4)c(C)c3)cc2C)cc(C)c1O. The molecule has 0 bridgehead atoms. The normalized spacial score (nSPS) is 10.8. The van der Waals surface area contributed by atoms with Gasteiger partial charge in [0, 0.05) is 5.41 Å². The molecule has 0 aliphatic heterocycles. The topological polar surface area (TPSA) is 58.9 Å². The van der Waals surface area contributed by atoms with Crippen molar-refractivity contribution in [1.29, 1.82) is 0 Å². The Kier molecular flexibility index (Phi) is 10.3. The molecule has 0 saturated heterocycles. The number of phenols is 2. The first-order valence-corrected chi connectivity index (χ1v) is 14.6. The van der Waals surface area contributed by atoms with Gasteiger partial charge < -0.3 is 19.7 Å². The summed E-state index contributed by atoms with van der Waals surface area (Å²) in [5, 5.41) is 20.3. The van der Waals surface area contributed by atoms with Crippen molar-refractivity contribution in [2.24, 2.45) is 0 Å². The molecule has 0 atom stereocenters. The molecule has 43 heavy (non-hydrogen) atoms. The van der Waals surface area contributed by atoms with Gasteiger partial charge in [-0.25, -0.2) is 0 Å². The van der Waals surface area contributed by atoms with Crippen LogP contribution in [0, 0.1) is 67.2 Å². The summed E-state index contributed by atoms with van der Waals surface area (Å²) >= 11 is 0. The minimum atomic E-state index is -0.250. The van der Waals surface area contributed by atoms with Crippen molar-refractivity contribution < 1.29 is 19.7 Å². The van der Waals surface area contributed by atoms with E-state index in [1.165, 1.54) is 11.1 Å². The second kappa shape index (κ2) is 13.3. The number of ether oxygens (including phenoxy) is 2.